The third kappa shape index (κ3) is 5.12. The van der Waals surface area contributed by atoms with Crippen LogP contribution in [0.15, 0.2) is 48.5 Å². The Kier molecular flexibility index (Phi) is 6.37. The van der Waals surface area contributed by atoms with Crippen LogP contribution in [0.3, 0.4) is 0 Å². The van der Waals surface area contributed by atoms with Gasteiger partial charge in [-0.05, 0) is 36.2 Å². The molecule has 0 radical (unpaired) electrons. The van der Waals surface area contributed by atoms with E-state index in [0.29, 0.717) is 18.0 Å². The van der Waals surface area contributed by atoms with Gasteiger partial charge >= 0.3 is 5.97 Å². The minimum Gasteiger partial charge on any atom is -0.491 e. The predicted molar refractivity (Wildman–Crippen MR) is 92.6 cm³/mol. The summed E-state index contributed by atoms with van der Waals surface area (Å²) < 4.78 is 5.69. The summed E-state index contributed by atoms with van der Waals surface area (Å²) in [6.45, 7) is 2.70. The second-order valence-corrected chi connectivity index (χ2v) is 5.43. The van der Waals surface area contributed by atoms with Gasteiger partial charge in [0.05, 0.1) is 24.3 Å². The highest BCUT2D eigenvalue weighted by Gasteiger charge is 2.09. The van der Waals surface area contributed by atoms with Crippen molar-refractivity contribution in [2.24, 2.45) is 0 Å². The van der Waals surface area contributed by atoms with E-state index in [2.05, 4.69) is 12.2 Å². The van der Waals surface area contributed by atoms with E-state index in [-0.39, 0.29) is 17.9 Å². The lowest BCUT2D eigenvalue weighted by molar-refractivity contribution is -0.115. The van der Waals surface area contributed by atoms with Crippen LogP contribution < -0.4 is 10.1 Å². The fourth-order valence-electron chi connectivity index (χ4n) is 2.17. The number of anilines is 1. The van der Waals surface area contributed by atoms with Gasteiger partial charge in [-0.1, -0.05) is 37.6 Å². The van der Waals surface area contributed by atoms with E-state index < -0.39 is 5.97 Å². The number of ether oxygens (including phenoxy) is 1. The molecule has 0 bridgehead atoms. The number of amides is 1. The van der Waals surface area contributed by atoms with E-state index in [1.54, 1.807) is 18.2 Å². The van der Waals surface area contributed by atoms with E-state index in [4.69, 9.17) is 9.84 Å². The summed E-state index contributed by atoms with van der Waals surface area (Å²) in [6, 6.07) is 13.6. The maximum absolute atomic E-state index is 12.2. The highest BCUT2D eigenvalue weighted by Crippen LogP contribution is 2.24. The molecule has 5 heteroatoms. The van der Waals surface area contributed by atoms with Crippen LogP contribution in [0.2, 0.25) is 0 Å². The van der Waals surface area contributed by atoms with Gasteiger partial charge in [0, 0.05) is 0 Å². The fraction of sp³-hybridized carbons (Fsp3) is 0.263. The molecule has 0 aromatic heterocycles. The van der Waals surface area contributed by atoms with Crippen LogP contribution in [0.4, 0.5) is 5.69 Å². The van der Waals surface area contributed by atoms with E-state index in [9.17, 15) is 9.59 Å². The average Bonchev–Trinajstić information content (AvgIpc) is 2.57. The van der Waals surface area contributed by atoms with Crippen molar-refractivity contribution >= 4 is 17.6 Å². The summed E-state index contributed by atoms with van der Waals surface area (Å²) in [5, 5.41) is 11.7. The van der Waals surface area contributed by atoms with Crippen LogP contribution >= 0.6 is 0 Å². The number of unbranched alkanes of at least 4 members (excludes halogenated alkanes) is 1. The van der Waals surface area contributed by atoms with Crippen LogP contribution in [-0.2, 0) is 11.2 Å². The number of hydrogen-bond acceptors (Lipinski definition) is 3. The molecular formula is C19H21NO4. The Hall–Kier alpha value is -2.82. The number of carbonyl (C=O) groups excluding carboxylic acids is 1. The van der Waals surface area contributed by atoms with E-state index in [1.165, 1.54) is 12.1 Å². The van der Waals surface area contributed by atoms with Crippen molar-refractivity contribution in [2.75, 3.05) is 11.9 Å². The Labute approximate surface area is 141 Å². The highest BCUT2D eigenvalue weighted by atomic mass is 16.5. The molecule has 2 aromatic rings. The van der Waals surface area contributed by atoms with Crippen molar-refractivity contribution < 1.29 is 19.4 Å². The summed E-state index contributed by atoms with van der Waals surface area (Å²) >= 11 is 0. The Balaban J connectivity index is 1.98. The topological polar surface area (TPSA) is 75.6 Å². The normalized spacial score (nSPS) is 10.2. The van der Waals surface area contributed by atoms with Crippen molar-refractivity contribution in [1.82, 2.24) is 0 Å². The lowest BCUT2D eigenvalue weighted by atomic mass is 10.1. The first-order valence-corrected chi connectivity index (χ1v) is 7.94. The van der Waals surface area contributed by atoms with Gasteiger partial charge in [-0.15, -0.1) is 0 Å². The third-order valence-electron chi connectivity index (χ3n) is 3.48. The molecule has 2 aromatic carbocycles. The number of rotatable bonds is 8. The number of carboxylic acids is 1. The van der Waals surface area contributed by atoms with Crippen molar-refractivity contribution in [3.05, 3.63) is 59.7 Å². The zero-order valence-corrected chi connectivity index (χ0v) is 13.6. The summed E-state index contributed by atoms with van der Waals surface area (Å²) in [5.41, 5.74) is 1.59. The molecule has 24 heavy (non-hydrogen) atoms. The first kappa shape index (κ1) is 17.5. The van der Waals surface area contributed by atoms with Crippen molar-refractivity contribution in [2.45, 2.75) is 26.2 Å². The van der Waals surface area contributed by atoms with E-state index in [0.717, 1.165) is 18.4 Å². The van der Waals surface area contributed by atoms with Gasteiger partial charge in [0.2, 0.25) is 5.91 Å². The molecular weight excluding hydrogens is 306 g/mol. The summed E-state index contributed by atoms with van der Waals surface area (Å²) in [5.74, 6) is -0.505. The lowest BCUT2D eigenvalue weighted by Gasteiger charge is -2.12. The molecule has 0 aliphatic carbocycles. The summed E-state index contributed by atoms with van der Waals surface area (Å²) in [4.78, 5) is 23.0. The molecule has 1 amide bonds. The molecule has 5 nitrogen and oxygen atoms in total. The standard InChI is InChI=1S/C19H21NO4/c1-2-3-12-24-17-7-5-4-6-16(17)20-18(21)13-14-8-10-15(11-9-14)19(22)23/h4-11H,2-3,12-13H2,1H3,(H,20,21)(H,22,23). The first-order chi connectivity index (χ1) is 11.6. The number of benzene rings is 2. The SMILES string of the molecule is CCCCOc1ccccc1NC(=O)Cc1ccc(C(=O)O)cc1. The zero-order valence-electron chi connectivity index (χ0n) is 13.6. The zero-order chi connectivity index (χ0) is 17.4. The number of hydrogen-bond donors (Lipinski definition) is 2. The van der Waals surface area contributed by atoms with Gasteiger partial charge in [-0.25, -0.2) is 4.79 Å². The van der Waals surface area contributed by atoms with Crippen LogP contribution in [0.1, 0.15) is 35.7 Å². The van der Waals surface area contributed by atoms with Gasteiger partial charge in [-0.3, -0.25) is 4.79 Å². The first-order valence-electron chi connectivity index (χ1n) is 7.94. The molecule has 0 spiro atoms. The fourth-order valence-corrected chi connectivity index (χ4v) is 2.17. The van der Waals surface area contributed by atoms with Crippen LogP contribution in [0.5, 0.6) is 5.75 Å². The van der Waals surface area contributed by atoms with Crippen LogP contribution in [0.25, 0.3) is 0 Å². The Morgan fingerprint density at radius 2 is 1.79 bits per heavy atom. The summed E-state index contributed by atoms with van der Waals surface area (Å²) in [7, 11) is 0. The molecule has 0 aliphatic rings. The molecule has 0 heterocycles. The molecule has 0 aliphatic heterocycles. The smallest absolute Gasteiger partial charge is 0.335 e. The van der Waals surface area contributed by atoms with Crippen LogP contribution in [0, 0.1) is 0 Å². The molecule has 2 N–H and O–H groups in total. The average molecular weight is 327 g/mol. The van der Waals surface area contributed by atoms with Crippen LogP contribution in [-0.4, -0.2) is 23.6 Å². The molecule has 0 atom stereocenters. The number of carbonyl (C=O) groups is 2. The highest BCUT2D eigenvalue weighted by molar-refractivity contribution is 5.94. The lowest BCUT2D eigenvalue weighted by Crippen LogP contribution is -2.15. The molecule has 126 valence electrons. The number of para-hydroxylation sites is 2. The van der Waals surface area contributed by atoms with Gasteiger partial charge in [-0.2, -0.15) is 0 Å². The number of aromatic carboxylic acids is 1. The third-order valence-corrected chi connectivity index (χ3v) is 3.48. The second-order valence-electron chi connectivity index (χ2n) is 5.43. The Bertz CT molecular complexity index is 695. The predicted octanol–water partition coefficient (Wildman–Crippen LogP) is 3.74. The largest absolute Gasteiger partial charge is 0.491 e. The number of carboxylic acid groups (broad SMARTS) is 1. The van der Waals surface area contributed by atoms with Gasteiger partial charge < -0.3 is 15.2 Å². The van der Waals surface area contributed by atoms with Crippen molar-refractivity contribution in [3.63, 3.8) is 0 Å². The van der Waals surface area contributed by atoms with E-state index in [1.807, 2.05) is 18.2 Å². The van der Waals surface area contributed by atoms with Crippen molar-refractivity contribution in [1.29, 1.82) is 0 Å². The monoisotopic (exact) mass is 327 g/mol. The minimum atomic E-state index is -0.982. The maximum Gasteiger partial charge on any atom is 0.335 e. The second kappa shape index (κ2) is 8.72. The minimum absolute atomic E-state index is 0.170. The molecule has 0 saturated heterocycles. The van der Waals surface area contributed by atoms with Gasteiger partial charge in [0.15, 0.2) is 0 Å². The van der Waals surface area contributed by atoms with Gasteiger partial charge in [0.1, 0.15) is 5.75 Å². The molecule has 0 saturated carbocycles. The summed E-state index contributed by atoms with van der Waals surface area (Å²) in [6.07, 6.45) is 2.17. The van der Waals surface area contributed by atoms with Crippen molar-refractivity contribution in [3.8, 4) is 5.75 Å². The van der Waals surface area contributed by atoms with E-state index >= 15 is 0 Å². The Morgan fingerprint density at radius 3 is 2.46 bits per heavy atom. The van der Waals surface area contributed by atoms with Gasteiger partial charge in [0.25, 0.3) is 0 Å². The molecule has 2 rings (SSSR count). The number of nitrogens with one attached hydrogen (secondary N) is 1. The Morgan fingerprint density at radius 1 is 1.08 bits per heavy atom. The molecule has 0 unspecified atom stereocenters. The molecule has 0 fully saturated rings. The maximum atomic E-state index is 12.2. The quantitative estimate of drug-likeness (QED) is 0.724.